The van der Waals surface area contributed by atoms with Crippen molar-refractivity contribution in [3.63, 3.8) is 0 Å². The molecule has 0 unspecified atom stereocenters. The molecule has 3 aliphatic rings. The SMILES string of the molecule is CC(=O)Nc1cc2c(cn1)C1(CC1)CN2c1cc(C)nc(O[C@@H]2CCOC2)n1. The Kier molecular flexibility index (Phi) is 3.97. The number of amides is 1. The van der Waals surface area contributed by atoms with Crippen molar-refractivity contribution < 1.29 is 14.3 Å². The van der Waals surface area contributed by atoms with Gasteiger partial charge in [0.15, 0.2) is 0 Å². The zero-order valence-corrected chi connectivity index (χ0v) is 16.1. The van der Waals surface area contributed by atoms with Gasteiger partial charge in [-0.2, -0.15) is 4.98 Å². The van der Waals surface area contributed by atoms with E-state index in [0.717, 1.165) is 43.0 Å². The maximum Gasteiger partial charge on any atom is 0.318 e. The third kappa shape index (κ3) is 3.07. The van der Waals surface area contributed by atoms with E-state index in [9.17, 15) is 4.79 Å². The van der Waals surface area contributed by atoms with Crippen LogP contribution < -0.4 is 15.0 Å². The first-order chi connectivity index (χ1) is 13.5. The van der Waals surface area contributed by atoms with E-state index in [1.807, 2.05) is 25.3 Å². The summed E-state index contributed by atoms with van der Waals surface area (Å²) in [6.45, 7) is 5.58. The van der Waals surface area contributed by atoms with E-state index in [4.69, 9.17) is 14.5 Å². The minimum absolute atomic E-state index is 0.00542. The van der Waals surface area contributed by atoms with Gasteiger partial charge in [0.25, 0.3) is 0 Å². The number of hydrogen-bond donors (Lipinski definition) is 1. The summed E-state index contributed by atoms with van der Waals surface area (Å²) in [5.74, 6) is 1.23. The Morgan fingerprint density at radius 1 is 1.36 bits per heavy atom. The maximum atomic E-state index is 11.4. The van der Waals surface area contributed by atoms with Gasteiger partial charge < -0.3 is 19.7 Å². The monoisotopic (exact) mass is 381 g/mol. The maximum absolute atomic E-state index is 11.4. The van der Waals surface area contributed by atoms with Crippen molar-refractivity contribution in [3.8, 4) is 6.01 Å². The number of carbonyl (C=O) groups excluding carboxylic acids is 1. The summed E-state index contributed by atoms with van der Waals surface area (Å²) < 4.78 is 11.3. The van der Waals surface area contributed by atoms with Gasteiger partial charge in [0.1, 0.15) is 17.7 Å². The molecule has 0 radical (unpaired) electrons. The number of rotatable bonds is 4. The molecule has 1 aliphatic carbocycles. The summed E-state index contributed by atoms with van der Waals surface area (Å²) in [4.78, 5) is 27.2. The van der Waals surface area contributed by atoms with Gasteiger partial charge in [0.05, 0.1) is 18.9 Å². The van der Waals surface area contributed by atoms with Crippen LogP contribution in [-0.4, -0.2) is 46.7 Å². The van der Waals surface area contributed by atoms with E-state index in [0.29, 0.717) is 25.0 Å². The van der Waals surface area contributed by atoms with Gasteiger partial charge >= 0.3 is 6.01 Å². The molecule has 1 saturated heterocycles. The van der Waals surface area contributed by atoms with Crippen LogP contribution in [0.3, 0.4) is 0 Å². The van der Waals surface area contributed by atoms with Crippen molar-refractivity contribution in [1.29, 1.82) is 0 Å². The highest BCUT2D eigenvalue weighted by Gasteiger charge is 2.52. The molecule has 1 atom stereocenters. The van der Waals surface area contributed by atoms with Gasteiger partial charge in [-0.15, -0.1) is 0 Å². The Balaban J connectivity index is 1.50. The number of carbonyl (C=O) groups is 1. The summed E-state index contributed by atoms with van der Waals surface area (Å²) in [6.07, 6.45) is 5.05. The number of hydrogen-bond acceptors (Lipinski definition) is 7. The lowest BCUT2D eigenvalue weighted by molar-refractivity contribution is -0.114. The van der Waals surface area contributed by atoms with Gasteiger partial charge in [-0.05, 0) is 19.8 Å². The molecule has 5 rings (SSSR count). The number of anilines is 3. The van der Waals surface area contributed by atoms with E-state index in [1.54, 1.807) is 0 Å². The Morgan fingerprint density at radius 3 is 2.93 bits per heavy atom. The number of aromatic nitrogens is 3. The number of aryl methyl sites for hydroxylation is 1. The molecule has 0 aromatic carbocycles. The van der Waals surface area contributed by atoms with Crippen molar-refractivity contribution in [2.75, 3.05) is 30.0 Å². The third-order valence-corrected chi connectivity index (χ3v) is 5.62. The molecule has 2 fully saturated rings. The van der Waals surface area contributed by atoms with Gasteiger partial charge in [0.2, 0.25) is 5.91 Å². The molecular weight excluding hydrogens is 358 g/mol. The predicted molar refractivity (Wildman–Crippen MR) is 103 cm³/mol. The quantitative estimate of drug-likeness (QED) is 0.870. The number of pyridine rings is 1. The number of nitrogens with one attached hydrogen (secondary N) is 1. The van der Waals surface area contributed by atoms with Gasteiger partial charge in [-0.25, -0.2) is 9.97 Å². The van der Waals surface area contributed by atoms with Crippen molar-refractivity contribution in [3.05, 3.63) is 29.6 Å². The molecule has 1 saturated carbocycles. The molecule has 2 aromatic heterocycles. The molecule has 146 valence electrons. The van der Waals surface area contributed by atoms with Gasteiger partial charge in [-0.1, -0.05) is 0 Å². The standard InChI is InChI=1S/C20H23N5O3/c1-12-7-18(24-19(22-12)28-14-3-6-27-10-14)25-11-20(4-5-20)15-9-21-17(8-16(15)25)23-13(2)26/h7-9,14H,3-6,10-11H2,1-2H3,(H,21,23,26)/t14-/m1/s1. The summed E-state index contributed by atoms with van der Waals surface area (Å²) in [6, 6.07) is 4.30. The molecule has 0 bridgehead atoms. The Bertz CT molecular complexity index is 937. The van der Waals surface area contributed by atoms with Crippen LogP contribution in [0.4, 0.5) is 17.3 Å². The minimum atomic E-state index is -0.134. The molecule has 2 aromatic rings. The molecule has 4 heterocycles. The summed E-state index contributed by atoms with van der Waals surface area (Å²) in [7, 11) is 0. The molecule has 8 nitrogen and oxygen atoms in total. The third-order valence-electron chi connectivity index (χ3n) is 5.62. The largest absolute Gasteiger partial charge is 0.458 e. The molecule has 8 heteroatoms. The van der Waals surface area contributed by atoms with Crippen LogP contribution in [-0.2, 0) is 14.9 Å². The van der Waals surface area contributed by atoms with Gasteiger partial charge in [0, 0.05) is 54.9 Å². The lowest BCUT2D eigenvalue weighted by atomic mass is 10.0. The second-order valence-electron chi connectivity index (χ2n) is 7.89. The fraction of sp³-hybridized carbons (Fsp3) is 0.500. The molecule has 1 amide bonds. The van der Waals surface area contributed by atoms with E-state index in [1.165, 1.54) is 12.5 Å². The zero-order chi connectivity index (χ0) is 19.3. The van der Waals surface area contributed by atoms with Crippen LogP contribution >= 0.6 is 0 Å². The topological polar surface area (TPSA) is 89.5 Å². The van der Waals surface area contributed by atoms with Crippen LogP contribution in [0.15, 0.2) is 18.3 Å². The van der Waals surface area contributed by atoms with E-state index < -0.39 is 0 Å². The van der Waals surface area contributed by atoms with Crippen molar-refractivity contribution in [1.82, 2.24) is 15.0 Å². The first-order valence-corrected chi connectivity index (χ1v) is 9.68. The van der Waals surface area contributed by atoms with Crippen LogP contribution in [0.2, 0.25) is 0 Å². The average Bonchev–Trinajstić information content (AvgIpc) is 3.10. The van der Waals surface area contributed by atoms with Crippen LogP contribution in [0.25, 0.3) is 0 Å². The summed E-state index contributed by atoms with van der Waals surface area (Å²) in [5, 5.41) is 2.78. The fourth-order valence-electron chi connectivity index (χ4n) is 4.05. The van der Waals surface area contributed by atoms with Crippen molar-refractivity contribution in [2.45, 2.75) is 44.6 Å². The van der Waals surface area contributed by atoms with E-state index in [2.05, 4.69) is 20.2 Å². The second-order valence-corrected chi connectivity index (χ2v) is 7.89. The fourth-order valence-corrected chi connectivity index (χ4v) is 4.05. The number of ether oxygens (including phenoxy) is 2. The second kappa shape index (κ2) is 6.41. The Labute approximate surface area is 163 Å². The minimum Gasteiger partial charge on any atom is -0.458 e. The average molecular weight is 381 g/mol. The molecular formula is C20H23N5O3. The highest BCUT2D eigenvalue weighted by Crippen LogP contribution is 2.58. The van der Waals surface area contributed by atoms with Crippen molar-refractivity contribution >= 4 is 23.2 Å². The van der Waals surface area contributed by atoms with E-state index >= 15 is 0 Å². The van der Waals surface area contributed by atoms with Crippen LogP contribution in [0.1, 0.15) is 37.4 Å². The lowest BCUT2D eigenvalue weighted by Gasteiger charge is -2.21. The predicted octanol–water partition coefficient (Wildman–Crippen LogP) is 2.49. The number of fused-ring (bicyclic) bond motifs is 2. The van der Waals surface area contributed by atoms with Crippen LogP contribution in [0.5, 0.6) is 6.01 Å². The highest BCUT2D eigenvalue weighted by molar-refractivity contribution is 5.89. The Morgan fingerprint density at radius 2 is 2.21 bits per heavy atom. The molecule has 2 aliphatic heterocycles. The van der Waals surface area contributed by atoms with Crippen molar-refractivity contribution in [2.24, 2.45) is 0 Å². The lowest BCUT2D eigenvalue weighted by Crippen LogP contribution is -2.22. The zero-order valence-electron chi connectivity index (χ0n) is 16.1. The first-order valence-electron chi connectivity index (χ1n) is 9.68. The molecule has 1 N–H and O–H groups in total. The highest BCUT2D eigenvalue weighted by atomic mass is 16.6. The van der Waals surface area contributed by atoms with Gasteiger partial charge in [-0.3, -0.25) is 4.79 Å². The summed E-state index contributed by atoms with van der Waals surface area (Å²) >= 11 is 0. The Hall–Kier alpha value is -2.74. The summed E-state index contributed by atoms with van der Waals surface area (Å²) in [5.41, 5.74) is 3.28. The molecule has 1 spiro atoms. The normalized spacial score (nSPS) is 21.6. The first kappa shape index (κ1) is 17.4. The smallest absolute Gasteiger partial charge is 0.318 e. The van der Waals surface area contributed by atoms with Crippen LogP contribution in [0, 0.1) is 6.92 Å². The van der Waals surface area contributed by atoms with E-state index in [-0.39, 0.29) is 17.4 Å². The molecule has 28 heavy (non-hydrogen) atoms. The number of nitrogens with zero attached hydrogens (tertiary/aromatic N) is 4.